The van der Waals surface area contributed by atoms with Gasteiger partial charge < -0.3 is 10.2 Å². The van der Waals surface area contributed by atoms with Crippen molar-refractivity contribution in [2.45, 2.75) is 39.2 Å². The van der Waals surface area contributed by atoms with Gasteiger partial charge in [0.25, 0.3) is 0 Å². The molecule has 3 aromatic rings. The Bertz CT molecular complexity index is 1010. The molecule has 0 bridgehead atoms. The van der Waals surface area contributed by atoms with E-state index in [9.17, 15) is 9.18 Å². The number of hydrogen-bond acceptors (Lipinski definition) is 5. The number of carbonyl (C=O) groups is 1. The number of rotatable bonds is 5. The van der Waals surface area contributed by atoms with Crippen molar-refractivity contribution in [2.75, 3.05) is 18.0 Å². The van der Waals surface area contributed by atoms with Crippen LogP contribution in [0.1, 0.15) is 33.1 Å². The number of nitrogens with one attached hydrogen (secondary N) is 1. The summed E-state index contributed by atoms with van der Waals surface area (Å²) >= 11 is 0. The van der Waals surface area contributed by atoms with Gasteiger partial charge in [0.2, 0.25) is 5.91 Å². The Morgan fingerprint density at radius 2 is 1.97 bits per heavy atom. The fourth-order valence-electron chi connectivity index (χ4n) is 3.59. The van der Waals surface area contributed by atoms with Crippen molar-refractivity contribution < 1.29 is 9.18 Å². The lowest BCUT2D eigenvalue weighted by Crippen LogP contribution is -2.43. The van der Waals surface area contributed by atoms with Crippen LogP contribution >= 0.6 is 0 Å². The third-order valence-corrected chi connectivity index (χ3v) is 5.55. The summed E-state index contributed by atoms with van der Waals surface area (Å²) in [5.41, 5.74) is 0.930. The van der Waals surface area contributed by atoms with Crippen LogP contribution < -0.4 is 10.2 Å². The topological polar surface area (TPSA) is 75.4 Å². The minimum atomic E-state index is -0.359. The molecule has 29 heavy (non-hydrogen) atoms. The maximum atomic E-state index is 14.2. The van der Waals surface area contributed by atoms with E-state index < -0.39 is 0 Å². The Kier molecular flexibility index (Phi) is 5.42. The molecule has 0 unspecified atom stereocenters. The lowest BCUT2D eigenvalue weighted by atomic mass is 9.95. The fourth-order valence-corrected chi connectivity index (χ4v) is 3.59. The molecular formula is C21H25FN6O. The number of piperidine rings is 1. The van der Waals surface area contributed by atoms with Gasteiger partial charge in [0.05, 0.1) is 5.56 Å². The Balaban J connectivity index is 1.52. The molecule has 0 spiro atoms. The Hall–Kier alpha value is -3.03. The summed E-state index contributed by atoms with van der Waals surface area (Å²) in [7, 11) is 0. The Morgan fingerprint density at radius 3 is 2.69 bits per heavy atom. The maximum absolute atomic E-state index is 14.2. The second-order valence-electron chi connectivity index (χ2n) is 7.54. The highest BCUT2D eigenvalue weighted by Crippen LogP contribution is 2.25. The third kappa shape index (κ3) is 3.92. The Labute approximate surface area is 168 Å². The lowest BCUT2D eigenvalue weighted by molar-refractivity contribution is -0.126. The van der Waals surface area contributed by atoms with Crippen LogP contribution in [0, 0.1) is 11.7 Å². The molecule has 1 amide bonds. The smallest absolute Gasteiger partial charge is 0.223 e. The van der Waals surface area contributed by atoms with Gasteiger partial charge in [0.1, 0.15) is 11.6 Å². The van der Waals surface area contributed by atoms with Crippen molar-refractivity contribution in [1.29, 1.82) is 0 Å². The van der Waals surface area contributed by atoms with Crippen molar-refractivity contribution in [2.24, 2.45) is 5.92 Å². The quantitative estimate of drug-likeness (QED) is 0.717. The molecule has 1 aromatic carbocycles. The third-order valence-electron chi connectivity index (χ3n) is 5.55. The summed E-state index contributed by atoms with van der Waals surface area (Å²) < 4.78 is 15.8. The van der Waals surface area contributed by atoms with Gasteiger partial charge in [-0.05, 0) is 50.5 Å². The zero-order valence-corrected chi connectivity index (χ0v) is 16.7. The minimum Gasteiger partial charge on any atom is -0.355 e. The zero-order chi connectivity index (χ0) is 20.4. The highest BCUT2D eigenvalue weighted by atomic mass is 19.1. The van der Waals surface area contributed by atoms with Crippen molar-refractivity contribution in [3.8, 4) is 11.4 Å². The number of nitrogens with zero attached hydrogens (tertiary/aromatic N) is 5. The van der Waals surface area contributed by atoms with Gasteiger partial charge >= 0.3 is 0 Å². The van der Waals surface area contributed by atoms with Crippen molar-refractivity contribution >= 4 is 17.4 Å². The van der Waals surface area contributed by atoms with E-state index in [-0.39, 0.29) is 23.7 Å². The molecule has 2 aromatic heterocycles. The van der Waals surface area contributed by atoms with Crippen LogP contribution in [0.4, 0.5) is 10.2 Å². The number of carbonyl (C=O) groups excluding carboxylic acids is 1. The van der Waals surface area contributed by atoms with Crippen LogP contribution in [0.3, 0.4) is 0 Å². The molecule has 1 fully saturated rings. The van der Waals surface area contributed by atoms with E-state index >= 15 is 0 Å². The number of amides is 1. The first-order valence-electron chi connectivity index (χ1n) is 10.1. The van der Waals surface area contributed by atoms with Gasteiger partial charge in [0, 0.05) is 25.0 Å². The summed E-state index contributed by atoms with van der Waals surface area (Å²) in [6.07, 6.45) is 2.49. The van der Waals surface area contributed by atoms with Crippen molar-refractivity contribution in [3.63, 3.8) is 0 Å². The normalized spacial score (nSPS) is 16.2. The average molecular weight is 396 g/mol. The second-order valence-corrected chi connectivity index (χ2v) is 7.54. The standard InChI is InChI=1S/C21H25FN6O/c1-3-14(2)23-21(29)15-10-12-27(13-11-15)19-9-8-18-24-25-20(28(18)26-19)16-6-4-5-7-17(16)22/h4-9,14-15H,3,10-13H2,1-2H3,(H,23,29)/t14-/m0/s1. The predicted molar refractivity (Wildman–Crippen MR) is 109 cm³/mol. The van der Waals surface area contributed by atoms with Gasteiger partial charge in [-0.1, -0.05) is 19.1 Å². The number of anilines is 1. The van der Waals surface area contributed by atoms with Gasteiger partial charge in [-0.2, -0.15) is 4.52 Å². The van der Waals surface area contributed by atoms with Gasteiger partial charge in [-0.25, -0.2) is 4.39 Å². The number of benzene rings is 1. The number of halogens is 1. The van der Waals surface area contributed by atoms with Crippen molar-refractivity contribution in [3.05, 3.63) is 42.2 Å². The first kappa shape index (κ1) is 19.3. The highest BCUT2D eigenvalue weighted by Gasteiger charge is 2.26. The number of hydrogen-bond donors (Lipinski definition) is 1. The Morgan fingerprint density at radius 1 is 1.21 bits per heavy atom. The van der Waals surface area contributed by atoms with Crippen LogP contribution in [0.5, 0.6) is 0 Å². The van der Waals surface area contributed by atoms with Crippen LogP contribution in [-0.4, -0.2) is 44.8 Å². The number of fused-ring (bicyclic) bond motifs is 1. The molecular weight excluding hydrogens is 371 g/mol. The van der Waals surface area contributed by atoms with Gasteiger partial charge in [0.15, 0.2) is 11.5 Å². The van der Waals surface area contributed by atoms with E-state index in [0.29, 0.717) is 17.0 Å². The molecule has 4 rings (SSSR count). The summed E-state index contributed by atoms with van der Waals surface area (Å²) in [4.78, 5) is 14.5. The SMILES string of the molecule is CC[C@H](C)NC(=O)C1CCN(c2ccc3nnc(-c4ccccc4F)n3n2)CC1. The summed E-state index contributed by atoms with van der Waals surface area (Å²) in [5, 5.41) is 16.0. The van der Waals surface area contributed by atoms with E-state index in [4.69, 9.17) is 0 Å². The molecule has 1 aliphatic heterocycles. The molecule has 1 saturated heterocycles. The molecule has 8 heteroatoms. The van der Waals surface area contributed by atoms with Crippen LogP contribution in [0.15, 0.2) is 36.4 Å². The minimum absolute atomic E-state index is 0.0351. The maximum Gasteiger partial charge on any atom is 0.223 e. The molecule has 1 N–H and O–H groups in total. The van der Waals surface area contributed by atoms with Gasteiger partial charge in [-0.3, -0.25) is 4.79 Å². The molecule has 0 saturated carbocycles. The number of aromatic nitrogens is 4. The average Bonchev–Trinajstić information content (AvgIpc) is 3.17. The second kappa shape index (κ2) is 8.14. The molecule has 1 atom stereocenters. The van der Waals surface area contributed by atoms with Crippen LogP contribution in [0.2, 0.25) is 0 Å². The first-order valence-corrected chi connectivity index (χ1v) is 10.1. The van der Waals surface area contributed by atoms with E-state index in [0.717, 1.165) is 38.2 Å². The van der Waals surface area contributed by atoms with E-state index in [2.05, 4.69) is 32.4 Å². The summed E-state index contributed by atoms with van der Waals surface area (Å²) in [5.74, 6) is 0.969. The first-order chi connectivity index (χ1) is 14.1. The van der Waals surface area contributed by atoms with E-state index in [1.54, 1.807) is 22.7 Å². The van der Waals surface area contributed by atoms with Gasteiger partial charge in [-0.15, -0.1) is 15.3 Å². The molecule has 1 aliphatic rings. The summed E-state index contributed by atoms with van der Waals surface area (Å²) in [6, 6.07) is 10.4. The fraction of sp³-hybridized carbons (Fsp3) is 0.429. The monoisotopic (exact) mass is 396 g/mol. The van der Waals surface area contributed by atoms with E-state index in [1.165, 1.54) is 6.07 Å². The zero-order valence-electron chi connectivity index (χ0n) is 16.7. The molecule has 0 aliphatic carbocycles. The van der Waals surface area contributed by atoms with Crippen molar-refractivity contribution in [1.82, 2.24) is 25.1 Å². The highest BCUT2D eigenvalue weighted by molar-refractivity contribution is 5.79. The lowest BCUT2D eigenvalue weighted by Gasteiger charge is -2.32. The summed E-state index contributed by atoms with van der Waals surface area (Å²) in [6.45, 7) is 5.58. The predicted octanol–water partition coefficient (Wildman–Crippen LogP) is 3.06. The molecule has 0 radical (unpaired) electrons. The van der Waals surface area contributed by atoms with Crippen LogP contribution in [0.25, 0.3) is 17.0 Å². The molecule has 7 nitrogen and oxygen atoms in total. The largest absolute Gasteiger partial charge is 0.355 e. The van der Waals surface area contributed by atoms with E-state index in [1.807, 2.05) is 19.1 Å². The molecule has 152 valence electrons. The molecule has 3 heterocycles. The van der Waals surface area contributed by atoms with Crippen LogP contribution in [-0.2, 0) is 4.79 Å².